The largest absolute Gasteiger partial charge is 0.316 e. The quantitative estimate of drug-likeness (QED) is 0.433. The van der Waals surface area contributed by atoms with Crippen molar-refractivity contribution in [2.75, 3.05) is 0 Å². The molecule has 0 aromatic heterocycles. The van der Waals surface area contributed by atoms with Crippen molar-refractivity contribution in [3.8, 4) is 0 Å². The number of nitrogens with zero attached hydrogens (tertiary/aromatic N) is 2. The van der Waals surface area contributed by atoms with Crippen LogP contribution in [-0.4, -0.2) is 4.92 Å². The number of nitro benzene ring substituents is 1. The van der Waals surface area contributed by atoms with Crippen LogP contribution in [0, 0.1) is 22.5 Å². The minimum Gasteiger partial charge on any atom is -0.258 e. The van der Waals surface area contributed by atoms with E-state index in [-0.39, 0.29) is 10.2 Å². The molecular weight excluding hydrogens is 243 g/mol. The van der Waals surface area contributed by atoms with Crippen molar-refractivity contribution in [1.29, 1.82) is 0 Å². The van der Waals surface area contributed by atoms with Crippen molar-refractivity contribution in [3.63, 3.8) is 0 Å². The summed E-state index contributed by atoms with van der Waals surface area (Å²) in [5.41, 5.74) is -0.623. The van der Waals surface area contributed by atoms with E-state index in [1.54, 1.807) is 0 Å². The zero-order valence-corrected chi connectivity index (χ0v) is 7.71. The third-order valence-corrected chi connectivity index (χ3v) is 1.92. The predicted octanol–water partition coefficient (Wildman–Crippen LogP) is 3.05. The van der Waals surface area contributed by atoms with Crippen LogP contribution in [0.5, 0.6) is 0 Å². The van der Waals surface area contributed by atoms with Gasteiger partial charge in [0, 0.05) is 0 Å². The highest BCUT2D eigenvalue weighted by Crippen LogP contribution is 2.32. The molecule has 0 fully saturated rings. The van der Waals surface area contributed by atoms with Gasteiger partial charge in [-0.1, -0.05) is 0 Å². The van der Waals surface area contributed by atoms with E-state index in [9.17, 15) is 14.5 Å². The zero-order chi connectivity index (χ0) is 10.0. The Labute approximate surface area is 81.1 Å². The van der Waals surface area contributed by atoms with E-state index in [2.05, 4.69) is 20.8 Å². The number of halogens is 2. The summed E-state index contributed by atoms with van der Waals surface area (Å²) in [6.45, 7) is 6.58. The van der Waals surface area contributed by atoms with E-state index in [0.717, 1.165) is 6.07 Å². The molecule has 0 aliphatic carbocycles. The molecule has 1 rings (SSSR count). The highest BCUT2D eigenvalue weighted by molar-refractivity contribution is 9.10. The minimum absolute atomic E-state index is 0.0231. The summed E-state index contributed by atoms with van der Waals surface area (Å²) in [5.74, 6) is -1.01. The van der Waals surface area contributed by atoms with Crippen LogP contribution in [0.1, 0.15) is 0 Å². The van der Waals surface area contributed by atoms with Gasteiger partial charge in [-0.2, -0.15) is 0 Å². The molecule has 0 unspecified atom stereocenters. The fraction of sp³-hybridized carbons (Fsp3) is 0. The Kier molecular flexibility index (Phi) is 2.58. The van der Waals surface area contributed by atoms with Crippen LogP contribution < -0.4 is 0 Å². The first-order valence-corrected chi connectivity index (χ1v) is 3.86. The first-order valence-electron chi connectivity index (χ1n) is 3.07. The highest BCUT2D eigenvalue weighted by Gasteiger charge is 2.19. The van der Waals surface area contributed by atoms with Gasteiger partial charge in [0.25, 0.3) is 0 Å². The number of benzene rings is 1. The molecule has 1 aromatic carbocycles. The molecule has 0 aliphatic rings. The van der Waals surface area contributed by atoms with E-state index < -0.39 is 16.4 Å². The second-order valence-electron chi connectivity index (χ2n) is 2.13. The molecule has 0 spiro atoms. The Morgan fingerprint density at radius 3 is 2.62 bits per heavy atom. The van der Waals surface area contributed by atoms with Gasteiger partial charge >= 0.3 is 5.69 Å². The molecule has 0 radical (unpaired) electrons. The maximum absolute atomic E-state index is 12.9. The Hall–Kier alpha value is -1.48. The van der Waals surface area contributed by atoms with Crippen LogP contribution in [0.4, 0.5) is 15.8 Å². The van der Waals surface area contributed by atoms with Gasteiger partial charge in [0.1, 0.15) is 0 Å². The maximum atomic E-state index is 12.9. The number of hydrogen-bond donors (Lipinski definition) is 0. The van der Waals surface area contributed by atoms with Crippen LogP contribution in [0.25, 0.3) is 4.85 Å². The van der Waals surface area contributed by atoms with E-state index in [0.29, 0.717) is 0 Å². The van der Waals surface area contributed by atoms with Gasteiger partial charge in [0.15, 0.2) is 11.5 Å². The van der Waals surface area contributed by atoms with E-state index in [1.165, 1.54) is 6.07 Å². The van der Waals surface area contributed by atoms with Crippen molar-refractivity contribution < 1.29 is 9.31 Å². The Balaban J connectivity index is 3.42. The van der Waals surface area contributed by atoms with Gasteiger partial charge < -0.3 is 0 Å². The first kappa shape index (κ1) is 9.61. The molecule has 4 nitrogen and oxygen atoms in total. The molecule has 0 aliphatic heterocycles. The monoisotopic (exact) mass is 244 g/mol. The van der Waals surface area contributed by atoms with Crippen LogP contribution in [0.15, 0.2) is 16.6 Å². The summed E-state index contributed by atoms with van der Waals surface area (Å²) < 4.78 is 12.9. The standard InChI is InChI=1S/C7H2BrFN2O2/c1-10-4-2-5(8)7(11(12)13)6(9)3-4/h2-3H. The molecule has 6 heteroatoms. The normalized spacial score (nSPS) is 9.31. The summed E-state index contributed by atoms with van der Waals surface area (Å²) in [4.78, 5) is 12.4. The Morgan fingerprint density at radius 1 is 1.62 bits per heavy atom. The van der Waals surface area contributed by atoms with Gasteiger partial charge in [-0.25, -0.2) is 9.24 Å². The summed E-state index contributed by atoms with van der Waals surface area (Å²) in [7, 11) is 0. The van der Waals surface area contributed by atoms with Gasteiger partial charge in [-0.05, 0) is 28.1 Å². The third-order valence-electron chi connectivity index (χ3n) is 1.31. The topological polar surface area (TPSA) is 47.5 Å². The number of nitro groups is 1. The summed E-state index contributed by atoms with van der Waals surface area (Å²) in [5, 5.41) is 10.3. The maximum Gasteiger partial charge on any atom is 0.316 e. The molecular formula is C7H2BrFN2O2. The molecule has 0 N–H and O–H groups in total. The average Bonchev–Trinajstić information content (AvgIpc) is 2.02. The smallest absolute Gasteiger partial charge is 0.258 e. The van der Waals surface area contributed by atoms with Crippen LogP contribution in [0.2, 0.25) is 0 Å². The van der Waals surface area contributed by atoms with Gasteiger partial charge in [0.2, 0.25) is 0 Å². The lowest BCUT2D eigenvalue weighted by atomic mass is 10.3. The molecule has 1 aromatic rings. The lowest BCUT2D eigenvalue weighted by Crippen LogP contribution is -1.93. The van der Waals surface area contributed by atoms with Gasteiger partial charge in [-0.3, -0.25) is 10.1 Å². The van der Waals surface area contributed by atoms with Crippen molar-refractivity contribution in [2.24, 2.45) is 0 Å². The fourth-order valence-corrected chi connectivity index (χ4v) is 1.36. The minimum atomic E-state index is -1.01. The van der Waals surface area contributed by atoms with Gasteiger partial charge in [-0.15, -0.1) is 0 Å². The average molecular weight is 245 g/mol. The Bertz CT molecular complexity index is 390. The number of rotatable bonds is 1. The molecule has 0 amide bonds. The van der Waals surface area contributed by atoms with E-state index in [4.69, 9.17) is 6.57 Å². The summed E-state index contributed by atoms with van der Waals surface area (Å²) in [6, 6.07) is 2.03. The molecule has 13 heavy (non-hydrogen) atoms. The van der Waals surface area contributed by atoms with Crippen LogP contribution in [0.3, 0.4) is 0 Å². The first-order chi connectivity index (χ1) is 6.06. The number of hydrogen-bond acceptors (Lipinski definition) is 2. The molecule has 0 heterocycles. The van der Waals surface area contributed by atoms with Crippen molar-refractivity contribution in [2.45, 2.75) is 0 Å². The van der Waals surface area contributed by atoms with Crippen LogP contribution in [-0.2, 0) is 0 Å². The molecule has 0 saturated heterocycles. The third kappa shape index (κ3) is 1.81. The molecule has 0 bridgehead atoms. The van der Waals surface area contributed by atoms with Crippen molar-refractivity contribution in [1.82, 2.24) is 0 Å². The summed E-state index contributed by atoms with van der Waals surface area (Å²) in [6.07, 6.45) is 0. The lowest BCUT2D eigenvalue weighted by Gasteiger charge is -1.97. The van der Waals surface area contributed by atoms with Crippen molar-refractivity contribution >= 4 is 27.3 Å². The fourth-order valence-electron chi connectivity index (χ4n) is 0.791. The van der Waals surface area contributed by atoms with Crippen LogP contribution >= 0.6 is 15.9 Å². The van der Waals surface area contributed by atoms with E-state index >= 15 is 0 Å². The Morgan fingerprint density at radius 2 is 2.23 bits per heavy atom. The predicted molar refractivity (Wildman–Crippen MR) is 47.0 cm³/mol. The van der Waals surface area contributed by atoms with E-state index in [1.807, 2.05) is 0 Å². The second kappa shape index (κ2) is 3.49. The van der Waals surface area contributed by atoms with Crippen molar-refractivity contribution in [3.05, 3.63) is 44.0 Å². The second-order valence-corrected chi connectivity index (χ2v) is 2.98. The zero-order valence-electron chi connectivity index (χ0n) is 6.12. The SMILES string of the molecule is [C-]#[N+]c1cc(F)c([N+](=O)[O-])c(Br)c1. The molecule has 66 valence electrons. The lowest BCUT2D eigenvalue weighted by molar-refractivity contribution is -0.388. The molecule has 0 saturated carbocycles. The summed E-state index contributed by atoms with van der Waals surface area (Å²) >= 11 is 2.81. The van der Waals surface area contributed by atoms with Gasteiger partial charge in [0.05, 0.1) is 16.0 Å². The highest BCUT2D eigenvalue weighted by atomic mass is 79.9. The molecule has 0 atom stereocenters.